The molecular weight excluding hydrogens is 357 g/mol. The predicted octanol–water partition coefficient (Wildman–Crippen LogP) is 3.60. The lowest BCUT2D eigenvalue weighted by atomic mass is 10.1. The van der Waals surface area contributed by atoms with Crippen molar-refractivity contribution in [3.05, 3.63) is 59.7 Å². The fourth-order valence-electron chi connectivity index (χ4n) is 3.31. The van der Waals surface area contributed by atoms with E-state index in [1.54, 1.807) is 11.0 Å². The Morgan fingerprint density at radius 1 is 1.25 bits per heavy atom. The first kappa shape index (κ1) is 20.1. The summed E-state index contributed by atoms with van der Waals surface area (Å²) in [6.07, 6.45) is 4.67. The van der Waals surface area contributed by atoms with Crippen LogP contribution in [-0.2, 0) is 18.4 Å². The number of rotatable bonds is 8. The summed E-state index contributed by atoms with van der Waals surface area (Å²) in [6, 6.07) is 9.74. The first-order valence-electron chi connectivity index (χ1n) is 9.87. The van der Waals surface area contributed by atoms with Gasteiger partial charge in [-0.2, -0.15) is 0 Å². The Labute approximate surface area is 165 Å². The van der Waals surface area contributed by atoms with Gasteiger partial charge in [0.25, 0.3) is 5.91 Å². The van der Waals surface area contributed by atoms with Gasteiger partial charge in [-0.3, -0.25) is 9.59 Å². The molecule has 0 saturated heterocycles. The van der Waals surface area contributed by atoms with E-state index in [0.29, 0.717) is 6.54 Å². The molecule has 1 aliphatic carbocycles. The molecule has 3 rings (SSSR count). The largest absolute Gasteiger partial charge is 0.353 e. The maximum Gasteiger partial charge on any atom is 0.254 e. The lowest BCUT2D eigenvalue weighted by Crippen LogP contribution is -2.47. The maximum atomic E-state index is 13.6. The van der Waals surface area contributed by atoms with Gasteiger partial charge in [0.15, 0.2) is 0 Å². The molecule has 6 heteroatoms. The fourth-order valence-corrected chi connectivity index (χ4v) is 3.31. The molecule has 0 N–H and O–H groups in total. The second-order valence-corrected chi connectivity index (χ2v) is 7.56. The van der Waals surface area contributed by atoms with E-state index in [1.165, 1.54) is 18.2 Å². The molecule has 1 fully saturated rings. The number of hydrogen-bond donors (Lipinski definition) is 0. The van der Waals surface area contributed by atoms with Gasteiger partial charge in [-0.15, -0.1) is 0 Å². The summed E-state index contributed by atoms with van der Waals surface area (Å²) < 4.78 is 15.6. The molecule has 0 spiro atoms. The third-order valence-electron chi connectivity index (χ3n) is 5.45. The Bertz CT molecular complexity index is 844. The van der Waals surface area contributed by atoms with Crippen molar-refractivity contribution in [3.63, 3.8) is 0 Å². The third-order valence-corrected chi connectivity index (χ3v) is 5.45. The van der Waals surface area contributed by atoms with Gasteiger partial charge in [0.05, 0.1) is 6.54 Å². The van der Waals surface area contributed by atoms with Gasteiger partial charge in [0.2, 0.25) is 5.91 Å². The molecule has 0 aliphatic heterocycles. The van der Waals surface area contributed by atoms with Gasteiger partial charge >= 0.3 is 0 Å². The van der Waals surface area contributed by atoms with Gasteiger partial charge < -0.3 is 14.4 Å². The van der Waals surface area contributed by atoms with E-state index in [2.05, 4.69) is 0 Å². The van der Waals surface area contributed by atoms with E-state index < -0.39 is 5.82 Å². The van der Waals surface area contributed by atoms with Gasteiger partial charge in [0.1, 0.15) is 12.4 Å². The average molecular weight is 385 g/mol. The molecular formula is C22H28FN3O2. The second-order valence-electron chi connectivity index (χ2n) is 7.56. The smallest absolute Gasteiger partial charge is 0.254 e. The maximum absolute atomic E-state index is 13.6. The molecule has 1 aromatic heterocycles. The Morgan fingerprint density at radius 2 is 2.00 bits per heavy atom. The zero-order valence-electron chi connectivity index (χ0n) is 16.8. The summed E-state index contributed by atoms with van der Waals surface area (Å²) in [6.45, 7) is 4.44. The van der Waals surface area contributed by atoms with Crippen LogP contribution in [0, 0.1) is 5.82 Å². The van der Waals surface area contributed by atoms with Gasteiger partial charge in [-0.05, 0) is 56.5 Å². The number of carbonyl (C=O) groups excluding carboxylic acids is 2. The highest BCUT2D eigenvalue weighted by Crippen LogP contribution is 2.29. The van der Waals surface area contributed by atoms with E-state index >= 15 is 0 Å². The SMILES string of the molecule is CCC(C)N(CC(=O)N(Cc1cccn1C)C1CC1)C(=O)c1cccc(F)c1. The van der Waals surface area contributed by atoms with Crippen molar-refractivity contribution in [1.82, 2.24) is 14.4 Å². The quantitative estimate of drug-likeness (QED) is 0.697. The minimum absolute atomic E-state index is 0.00523. The molecule has 0 radical (unpaired) electrons. The minimum atomic E-state index is -0.454. The summed E-state index contributed by atoms with van der Waals surface area (Å²) in [5, 5.41) is 0. The lowest BCUT2D eigenvalue weighted by molar-refractivity contribution is -0.133. The van der Waals surface area contributed by atoms with E-state index in [1.807, 2.05) is 48.7 Å². The number of halogens is 1. The number of hydrogen-bond acceptors (Lipinski definition) is 2. The van der Waals surface area contributed by atoms with Crippen LogP contribution in [0.4, 0.5) is 4.39 Å². The topological polar surface area (TPSA) is 45.6 Å². The number of aromatic nitrogens is 1. The lowest BCUT2D eigenvalue weighted by Gasteiger charge is -2.31. The summed E-state index contributed by atoms with van der Waals surface area (Å²) in [4.78, 5) is 29.6. The molecule has 0 bridgehead atoms. The summed E-state index contributed by atoms with van der Waals surface area (Å²) in [7, 11) is 1.96. The molecule has 2 amide bonds. The van der Waals surface area contributed by atoms with E-state index in [4.69, 9.17) is 0 Å². The number of carbonyl (C=O) groups is 2. The molecule has 1 saturated carbocycles. The number of benzene rings is 1. The van der Waals surface area contributed by atoms with Crippen LogP contribution in [0.3, 0.4) is 0 Å². The predicted molar refractivity (Wildman–Crippen MR) is 106 cm³/mol. The monoisotopic (exact) mass is 385 g/mol. The molecule has 1 unspecified atom stereocenters. The Hall–Kier alpha value is -2.63. The van der Waals surface area contributed by atoms with Crippen LogP contribution in [0.25, 0.3) is 0 Å². The van der Waals surface area contributed by atoms with Crippen LogP contribution >= 0.6 is 0 Å². The van der Waals surface area contributed by atoms with Crippen LogP contribution in [0.1, 0.15) is 49.2 Å². The number of amides is 2. The van der Waals surface area contributed by atoms with Crippen molar-refractivity contribution in [3.8, 4) is 0 Å². The molecule has 5 nitrogen and oxygen atoms in total. The zero-order valence-corrected chi connectivity index (χ0v) is 16.8. The number of nitrogens with zero attached hydrogens (tertiary/aromatic N) is 3. The molecule has 1 atom stereocenters. The highest BCUT2D eigenvalue weighted by molar-refractivity contribution is 5.96. The highest BCUT2D eigenvalue weighted by atomic mass is 19.1. The zero-order chi connectivity index (χ0) is 20.3. The van der Waals surface area contributed by atoms with Crippen LogP contribution in [0.15, 0.2) is 42.6 Å². The normalized spacial score (nSPS) is 14.6. The average Bonchev–Trinajstić information content (AvgIpc) is 3.45. The van der Waals surface area contributed by atoms with E-state index in [0.717, 1.165) is 25.0 Å². The summed E-state index contributed by atoms with van der Waals surface area (Å²) >= 11 is 0. The van der Waals surface area contributed by atoms with Crippen LogP contribution in [0.2, 0.25) is 0 Å². The van der Waals surface area contributed by atoms with Crippen molar-refractivity contribution in [2.45, 2.75) is 51.7 Å². The summed E-state index contributed by atoms with van der Waals surface area (Å²) in [5.74, 6) is -0.824. The van der Waals surface area contributed by atoms with Gasteiger partial charge in [-0.25, -0.2) is 4.39 Å². The minimum Gasteiger partial charge on any atom is -0.353 e. The Balaban J connectivity index is 1.78. The van der Waals surface area contributed by atoms with Crippen LogP contribution < -0.4 is 0 Å². The van der Waals surface area contributed by atoms with Crippen LogP contribution in [-0.4, -0.2) is 44.8 Å². The molecule has 1 heterocycles. The standard InChI is InChI=1S/C22H28FN3O2/c1-4-16(2)25(22(28)17-7-5-8-18(23)13-17)15-21(27)26(19-10-11-19)14-20-9-6-12-24(20)3/h5-9,12-13,16,19H,4,10-11,14-15H2,1-3H3. The third kappa shape index (κ3) is 4.61. The van der Waals surface area contributed by atoms with Gasteiger partial charge in [-0.1, -0.05) is 13.0 Å². The van der Waals surface area contributed by atoms with Gasteiger partial charge in [0, 0.05) is 36.6 Å². The van der Waals surface area contributed by atoms with Crippen molar-refractivity contribution >= 4 is 11.8 Å². The van der Waals surface area contributed by atoms with Crippen molar-refractivity contribution < 1.29 is 14.0 Å². The molecule has 28 heavy (non-hydrogen) atoms. The Kier molecular flexibility index (Phi) is 6.17. The van der Waals surface area contributed by atoms with E-state index in [-0.39, 0.29) is 36.0 Å². The highest BCUT2D eigenvalue weighted by Gasteiger charge is 2.35. The first-order chi connectivity index (χ1) is 13.4. The fraction of sp³-hybridized carbons (Fsp3) is 0.455. The molecule has 1 aromatic carbocycles. The van der Waals surface area contributed by atoms with Crippen molar-refractivity contribution in [2.24, 2.45) is 7.05 Å². The molecule has 150 valence electrons. The Morgan fingerprint density at radius 3 is 2.57 bits per heavy atom. The molecule has 2 aromatic rings. The van der Waals surface area contributed by atoms with Crippen molar-refractivity contribution in [2.75, 3.05) is 6.54 Å². The van der Waals surface area contributed by atoms with Crippen LogP contribution in [0.5, 0.6) is 0 Å². The second kappa shape index (κ2) is 8.59. The molecule has 1 aliphatic rings. The van der Waals surface area contributed by atoms with Crippen molar-refractivity contribution in [1.29, 1.82) is 0 Å². The first-order valence-corrected chi connectivity index (χ1v) is 9.87. The number of aryl methyl sites for hydroxylation is 1. The van der Waals surface area contributed by atoms with E-state index in [9.17, 15) is 14.0 Å². The summed E-state index contributed by atoms with van der Waals surface area (Å²) in [5.41, 5.74) is 1.33.